The van der Waals surface area contributed by atoms with E-state index in [9.17, 15) is 22.8 Å². The Balaban J connectivity index is 1.85. The van der Waals surface area contributed by atoms with Crippen molar-refractivity contribution in [2.24, 2.45) is 0 Å². The van der Waals surface area contributed by atoms with Crippen LogP contribution < -0.4 is 19.7 Å². The number of carbonyl (C=O) groups excluding carboxylic acids is 2. The lowest BCUT2D eigenvalue weighted by molar-refractivity contribution is -0.120. The molecule has 1 heterocycles. The summed E-state index contributed by atoms with van der Waals surface area (Å²) in [5.74, 6) is -3.40. The van der Waals surface area contributed by atoms with Gasteiger partial charge in [-0.2, -0.15) is 0 Å². The van der Waals surface area contributed by atoms with Gasteiger partial charge >= 0.3 is 0 Å². The van der Waals surface area contributed by atoms with Gasteiger partial charge in [-0.1, -0.05) is 12.1 Å². The van der Waals surface area contributed by atoms with E-state index in [0.717, 1.165) is 24.3 Å². The van der Waals surface area contributed by atoms with Gasteiger partial charge in [-0.15, -0.1) is 0 Å². The molecule has 3 aromatic rings. The van der Waals surface area contributed by atoms with Crippen molar-refractivity contribution in [1.82, 2.24) is 0 Å². The second-order valence-corrected chi connectivity index (χ2v) is 6.99. The number of benzene rings is 3. The van der Waals surface area contributed by atoms with Gasteiger partial charge in [0.1, 0.15) is 34.6 Å². The summed E-state index contributed by atoms with van der Waals surface area (Å²) in [5.41, 5.74) is -0.143. The average molecular weight is 454 g/mol. The Morgan fingerprint density at radius 3 is 2.12 bits per heavy atom. The molecule has 2 amide bonds. The first kappa shape index (κ1) is 21.9. The zero-order chi connectivity index (χ0) is 23.7. The lowest BCUT2D eigenvalue weighted by atomic mass is 10.0. The van der Waals surface area contributed by atoms with E-state index in [2.05, 4.69) is 5.32 Å². The molecule has 1 aliphatic rings. The van der Waals surface area contributed by atoms with Crippen LogP contribution in [0.5, 0.6) is 11.5 Å². The summed E-state index contributed by atoms with van der Waals surface area (Å²) in [6, 6.07) is 12.2. The molecule has 0 radical (unpaired) electrons. The van der Waals surface area contributed by atoms with Gasteiger partial charge in [0.15, 0.2) is 0 Å². The second kappa shape index (κ2) is 8.70. The molecule has 3 aromatic carbocycles. The van der Waals surface area contributed by atoms with Gasteiger partial charge < -0.3 is 14.8 Å². The Morgan fingerprint density at radius 1 is 0.788 bits per heavy atom. The van der Waals surface area contributed by atoms with Crippen LogP contribution >= 0.6 is 0 Å². The number of methoxy groups -OCH3 is 2. The molecular weight excluding hydrogens is 437 g/mol. The number of nitrogens with zero attached hydrogens (tertiary/aromatic N) is 1. The number of nitrogens with one attached hydrogen (secondary N) is 1. The Morgan fingerprint density at radius 2 is 1.48 bits per heavy atom. The average Bonchev–Trinajstić information content (AvgIpc) is 3.04. The number of ether oxygens (including phenoxy) is 2. The molecule has 0 saturated heterocycles. The van der Waals surface area contributed by atoms with Crippen LogP contribution in [0, 0.1) is 17.5 Å². The SMILES string of the molecule is COc1ccc(NC2=C(c3ccc(F)cc3)C(=O)N(c3ccc(F)cc3F)C2=O)c(OC)c1. The fourth-order valence-corrected chi connectivity index (χ4v) is 3.45. The highest BCUT2D eigenvalue weighted by Gasteiger charge is 2.41. The smallest absolute Gasteiger partial charge is 0.282 e. The summed E-state index contributed by atoms with van der Waals surface area (Å²) >= 11 is 0. The van der Waals surface area contributed by atoms with Gasteiger partial charge in [0, 0.05) is 12.1 Å². The standard InChI is InChI=1S/C24H17F3N2O4/c1-32-16-8-9-18(20(12-16)33-2)28-22-21(13-3-5-14(25)6-4-13)23(30)29(24(22)31)19-10-7-15(26)11-17(19)27/h3-12,28H,1-2H3. The third-order valence-corrected chi connectivity index (χ3v) is 5.04. The van der Waals surface area contributed by atoms with Crippen LogP contribution in [-0.4, -0.2) is 26.0 Å². The first-order valence-corrected chi connectivity index (χ1v) is 9.67. The van der Waals surface area contributed by atoms with Crippen LogP contribution in [0.4, 0.5) is 24.5 Å². The number of anilines is 2. The number of hydrogen-bond donors (Lipinski definition) is 1. The minimum absolute atomic E-state index is 0.110. The predicted octanol–water partition coefficient (Wildman–Crippen LogP) is 4.52. The number of imide groups is 1. The molecule has 0 atom stereocenters. The van der Waals surface area contributed by atoms with E-state index in [1.54, 1.807) is 18.2 Å². The predicted molar refractivity (Wildman–Crippen MR) is 115 cm³/mol. The quantitative estimate of drug-likeness (QED) is 0.555. The van der Waals surface area contributed by atoms with E-state index < -0.39 is 35.0 Å². The Bertz CT molecular complexity index is 1290. The normalized spacial score (nSPS) is 13.5. The molecule has 1 aliphatic heterocycles. The van der Waals surface area contributed by atoms with Gasteiger partial charge in [0.05, 0.1) is 31.2 Å². The van der Waals surface area contributed by atoms with Crippen LogP contribution in [0.15, 0.2) is 66.4 Å². The third-order valence-electron chi connectivity index (χ3n) is 5.04. The van der Waals surface area contributed by atoms with Gasteiger partial charge in [-0.25, -0.2) is 18.1 Å². The number of halogens is 3. The van der Waals surface area contributed by atoms with Crippen LogP contribution in [-0.2, 0) is 9.59 Å². The third kappa shape index (κ3) is 4.00. The summed E-state index contributed by atoms with van der Waals surface area (Å²) in [7, 11) is 2.89. The molecule has 0 spiro atoms. The van der Waals surface area contributed by atoms with Gasteiger partial charge in [0.25, 0.3) is 11.8 Å². The number of amides is 2. The van der Waals surface area contributed by atoms with E-state index in [0.29, 0.717) is 28.2 Å². The van der Waals surface area contributed by atoms with Crippen LogP contribution in [0.25, 0.3) is 5.57 Å². The number of carbonyl (C=O) groups is 2. The monoisotopic (exact) mass is 454 g/mol. The molecule has 1 N–H and O–H groups in total. The second-order valence-electron chi connectivity index (χ2n) is 6.99. The molecule has 6 nitrogen and oxygen atoms in total. The fourth-order valence-electron chi connectivity index (χ4n) is 3.45. The molecule has 168 valence electrons. The zero-order valence-corrected chi connectivity index (χ0v) is 17.5. The minimum atomic E-state index is -1.08. The highest BCUT2D eigenvalue weighted by Crippen LogP contribution is 2.37. The Kier molecular flexibility index (Phi) is 5.78. The molecule has 0 aromatic heterocycles. The van der Waals surface area contributed by atoms with E-state index >= 15 is 0 Å². The number of hydrogen-bond acceptors (Lipinski definition) is 5. The maximum Gasteiger partial charge on any atom is 0.282 e. The topological polar surface area (TPSA) is 67.9 Å². The highest BCUT2D eigenvalue weighted by atomic mass is 19.1. The molecule has 0 unspecified atom stereocenters. The van der Waals surface area contributed by atoms with Crippen LogP contribution in [0.3, 0.4) is 0 Å². The maximum atomic E-state index is 14.5. The molecule has 33 heavy (non-hydrogen) atoms. The van der Waals surface area contributed by atoms with Crippen molar-refractivity contribution >= 4 is 28.8 Å². The Hall–Kier alpha value is -4.27. The zero-order valence-electron chi connectivity index (χ0n) is 17.5. The van der Waals surface area contributed by atoms with E-state index in [4.69, 9.17) is 9.47 Å². The summed E-state index contributed by atoms with van der Waals surface area (Å²) in [4.78, 5) is 27.2. The number of rotatable bonds is 6. The van der Waals surface area contributed by atoms with Crippen LogP contribution in [0.1, 0.15) is 5.56 Å². The van der Waals surface area contributed by atoms with Gasteiger partial charge in [0.2, 0.25) is 0 Å². The molecule has 0 saturated carbocycles. The molecular formula is C24H17F3N2O4. The first-order chi connectivity index (χ1) is 15.8. The van der Waals surface area contributed by atoms with Crippen molar-refractivity contribution in [3.8, 4) is 11.5 Å². The van der Waals surface area contributed by atoms with E-state index in [-0.39, 0.29) is 16.8 Å². The van der Waals surface area contributed by atoms with Crippen molar-refractivity contribution in [3.63, 3.8) is 0 Å². The largest absolute Gasteiger partial charge is 0.497 e. The summed E-state index contributed by atoms with van der Waals surface area (Å²) in [6.07, 6.45) is 0. The van der Waals surface area contributed by atoms with Crippen molar-refractivity contribution in [2.45, 2.75) is 0 Å². The van der Waals surface area contributed by atoms with Crippen molar-refractivity contribution in [1.29, 1.82) is 0 Å². The van der Waals surface area contributed by atoms with Crippen molar-refractivity contribution < 1.29 is 32.2 Å². The van der Waals surface area contributed by atoms with E-state index in [1.807, 2.05) is 0 Å². The summed E-state index contributed by atoms with van der Waals surface area (Å²) < 4.78 is 51.9. The lowest BCUT2D eigenvalue weighted by Crippen LogP contribution is -2.33. The lowest BCUT2D eigenvalue weighted by Gasteiger charge is -2.17. The summed E-state index contributed by atoms with van der Waals surface area (Å²) in [5, 5.41) is 2.88. The van der Waals surface area contributed by atoms with E-state index in [1.165, 1.54) is 26.4 Å². The van der Waals surface area contributed by atoms with Crippen LogP contribution in [0.2, 0.25) is 0 Å². The molecule has 0 aliphatic carbocycles. The van der Waals surface area contributed by atoms with Gasteiger partial charge in [-0.3, -0.25) is 9.59 Å². The summed E-state index contributed by atoms with van der Waals surface area (Å²) in [6.45, 7) is 0. The molecule has 4 rings (SSSR count). The Labute approximate surface area is 186 Å². The molecule has 0 bridgehead atoms. The minimum Gasteiger partial charge on any atom is -0.497 e. The van der Waals surface area contributed by atoms with Gasteiger partial charge in [-0.05, 0) is 42.0 Å². The van der Waals surface area contributed by atoms with Crippen molar-refractivity contribution in [2.75, 3.05) is 24.4 Å². The maximum absolute atomic E-state index is 14.5. The molecule has 9 heteroatoms. The van der Waals surface area contributed by atoms with Crippen molar-refractivity contribution in [3.05, 3.63) is 89.4 Å². The first-order valence-electron chi connectivity index (χ1n) is 9.67. The fraction of sp³-hybridized carbons (Fsp3) is 0.0833. The highest BCUT2D eigenvalue weighted by molar-refractivity contribution is 6.46. The molecule has 0 fully saturated rings.